The smallest absolute Gasteiger partial charge is 0.307 e. The van der Waals surface area contributed by atoms with Gasteiger partial charge >= 0.3 is 11.9 Å². The average molecular weight is 321 g/mol. The summed E-state index contributed by atoms with van der Waals surface area (Å²) in [6, 6.07) is -0.412. The summed E-state index contributed by atoms with van der Waals surface area (Å²) in [4.78, 5) is 22.5. The van der Waals surface area contributed by atoms with Gasteiger partial charge in [-0.3, -0.25) is 9.59 Å². The Morgan fingerprint density at radius 2 is 1.95 bits per heavy atom. The van der Waals surface area contributed by atoms with Crippen LogP contribution < -0.4 is 4.72 Å². The molecule has 0 aromatic rings. The summed E-state index contributed by atoms with van der Waals surface area (Å²) in [5.74, 6) is -0.790. The lowest BCUT2D eigenvalue weighted by atomic mass is 10.1. The summed E-state index contributed by atoms with van der Waals surface area (Å²) in [7, 11) is -2.24. The van der Waals surface area contributed by atoms with E-state index in [1.54, 1.807) is 6.92 Å². The second kappa shape index (κ2) is 8.33. The molecule has 1 atom stereocenters. The highest BCUT2D eigenvalue weighted by Gasteiger charge is 2.35. The molecule has 1 saturated carbocycles. The van der Waals surface area contributed by atoms with Crippen LogP contribution in [0.3, 0.4) is 0 Å². The molecule has 0 radical (unpaired) electrons. The van der Waals surface area contributed by atoms with E-state index in [2.05, 4.69) is 9.46 Å². The van der Waals surface area contributed by atoms with E-state index in [0.29, 0.717) is 0 Å². The third-order valence-electron chi connectivity index (χ3n) is 3.24. The third-order valence-corrected chi connectivity index (χ3v) is 4.72. The number of rotatable bonds is 10. The number of hydrogen-bond acceptors (Lipinski definition) is 6. The molecule has 8 heteroatoms. The van der Waals surface area contributed by atoms with Crippen LogP contribution in [0.4, 0.5) is 0 Å². The van der Waals surface area contributed by atoms with Crippen molar-refractivity contribution in [1.82, 2.24) is 4.72 Å². The largest absolute Gasteiger partial charge is 0.469 e. The maximum atomic E-state index is 12.0. The molecule has 0 amide bonds. The number of carbonyl (C=O) groups excluding carboxylic acids is 2. The first kappa shape index (κ1) is 17.9. The highest BCUT2D eigenvalue weighted by atomic mass is 32.2. The van der Waals surface area contributed by atoms with Crippen LogP contribution in [-0.4, -0.2) is 45.9 Å². The molecule has 21 heavy (non-hydrogen) atoms. The number of hydrogen-bond donors (Lipinski definition) is 1. The van der Waals surface area contributed by atoms with E-state index in [1.807, 2.05) is 0 Å². The standard InChI is InChI=1S/C13H23NO6S/c1-3-20-12(15)5-4-8-21(17,18)14-11(10-6-7-10)9-13(16)19-2/h10-11,14H,3-9H2,1-2H3. The van der Waals surface area contributed by atoms with Gasteiger partial charge in [0.2, 0.25) is 10.0 Å². The van der Waals surface area contributed by atoms with Crippen LogP contribution in [0, 0.1) is 5.92 Å². The fourth-order valence-electron chi connectivity index (χ4n) is 2.00. The lowest BCUT2D eigenvalue weighted by Gasteiger charge is -2.17. The molecular weight excluding hydrogens is 298 g/mol. The topological polar surface area (TPSA) is 98.8 Å². The summed E-state index contributed by atoms with van der Waals surface area (Å²) in [6.07, 6.45) is 2.13. The van der Waals surface area contributed by atoms with E-state index < -0.39 is 28.0 Å². The maximum absolute atomic E-state index is 12.0. The van der Waals surface area contributed by atoms with E-state index in [4.69, 9.17) is 4.74 Å². The fraction of sp³-hybridized carbons (Fsp3) is 0.846. The average Bonchev–Trinajstić information content (AvgIpc) is 3.21. The molecule has 1 fully saturated rings. The summed E-state index contributed by atoms with van der Waals surface area (Å²) >= 11 is 0. The number of nitrogens with one attached hydrogen (secondary N) is 1. The molecule has 0 bridgehead atoms. The van der Waals surface area contributed by atoms with Gasteiger partial charge in [-0.05, 0) is 32.1 Å². The van der Waals surface area contributed by atoms with Gasteiger partial charge in [-0.1, -0.05) is 0 Å². The molecule has 1 aliphatic rings. The van der Waals surface area contributed by atoms with Gasteiger partial charge in [0.25, 0.3) is 0 Å². The van der Waals surface area contributed by atoms with Crippen LogP contribution >= 0.6 is 0 Å². The van der Waals surface area contributed by atoms with Crippen molar-refractivity contribution in [3.05, 3.63) is 0 Å². The van der Waals surface area contributed by atoms with Crippen LogP contribution in [0.15, 0.2) is 0 Å². The maximum Gasteiger partial charge on any atom is 0.307 e. The van der Waals surface area contributed by atoms with Gasteiger partial charge in [0, 0.05) is 12.5 Å². The van der Waals surface area contributed by atoms with Gasteiger partial charge in [0.05, 0.1) is 25.9 Å². The molecule has 1 unspecified atom stereocenters. The van der Waals surface area contributed by atoms with E-state index >= 15 is 0 Å². The molecular formula is C13H23NO6S. The first-order valence-electron chi connectivity index (χ1n) is 7.10. The molecule has 0 aromatic carbocycles. The van der Waals surface area contributed by atoms with Gasteiger partial charge in [-0.15, -0.1) is 0 Å². The zero-order valence-corrected chi connectivity index (χ0v) is 13.3. The summed E-state index contributed by atoms with van der Waals surface area (Å²) in [5, 5.41) is 0. The molecule has 0 heterocycles. The van der Waals surface area contributed by atoms with Crippen LogP contribution in [0.25, 0.3) is 0 Å². The van der Waals surface area contributed by atoms with Crippen molar-refractivity contribution in [2.45, 2.75) is 45.1 Å². The number of carbonyl (C=O) groups is 2. The van der Waals surface area contributed by atoms with Crippen molar-refractivity contribution in [1.29, 1.82) is 0 Å². The number of esters is 2. The molecule has 1 aliphatic carbocycles. The Labute approximate surface area is 125 Å². The number of ether oxygens (including phenoxy) is 2. The monoisotopic (exact) mass is 321 g/mol. The van der Waals surface area contributed by atoms with Gasteiger partial charge in [-0.25, -0.2) is 13.1 Å². The zero-order chi connectivity index (χ0) is 15.9. The Morgan fingerprint density at radius 1 is 1.29 bits per heavy atom. The molecule has 1 rings (SSSR count). The van der Waals surface area contributed by atoms with E-state index in [1.165, 1.54) is 7.11 Å². The van der Waals surface area contributed by atoms with Crippen molar-refractivity contribution in [2.75, 3.05) is 19.5 Å². The second-order valence-corrected chi connectivity index (χ2v) is 6.94. The number of sulfonamides is 1. The lowest BCUT2D eigenvalue weighted by Crippen LogP contribution is -2.39. The van der Waals surface area contributed by atoms with Gasteiger partial charge in [-0.2, -0.15) is 0 Å². The first-order chi connectivity index (χ1) is 9.88. The Morgan fingerprint density at radius 3 is 2.48 bits per heavy atom. The Bertz CT molecular complexity index is 457. The van der Waals surface area contributed by atoms with E-state index in [-0.39, 0.29) is 37.5 Å². The lowest BCUT2D eigenvalue weighted by molar-refractivity contribution is -0.143. The fourth-order valence-corrected chi connectivity index (χ4v) is 3.37. The van der Waals surface area contributed by atoms with Crippen LogP contribution in [-0.2, 0) is 29.1 Å². The minimum atomic E-state index is -3.52. The Hall–Kier alpha value is -1.15. The molecule has 0 aromatic heterocycles. The highest BCUT2D eigenvalue weighted by molar-refractivity contribution is 7.89. The first-order valence-corrected chi connectivity index (χ1v) is 8.75. The third kappa shape index (κ3) is 7.42. The molecule has 0 aliphatic heterocycles. The minimum absolute atomic E-state index is 0.0400. The van der Waals surface area contributed by atoms with Gasteiger partial charge in [0.15, 0.2) is 0 Å². The minimum Gasteiger partial charge on any atom is -0.469 e. The molecule has 122 valence electrons. The van der Waals surface area contributed by atoms with Crippen molar-refractivity contribution in [3.8, 4) is 0 Å². The van der Waals surface area contributed by atoms with Gasteiger partial charge < -0.3 is 9.47 Å². The summed E-state index contributed by atoms with van der Waals surface area (Å²) in [6.45, 7) is 1.98. The van der Waals surface area contributed by atoms with Crippen LogP contribution in [0.2, 0.25) is 0 Å². The quantitative estimate of drug-likeness (QED) is 0.591. The molecule has 0 saturated heterocycles. The molecule has 0 spiro atoms. The normalized spacial score (nSPS) is 16.3. The Balaban J connectivity index is 2.41. The van der Waals surface area contributed by atoms with E-state index in [9.17, 15) is 18.0 Å². The SMILES string of the molecule is CCOC(=O)CCCS(=O)(=O)NC(CC(=O)OC)C1CC1. The van der Waals surface area contributed by atoms with Crippen molar-refractivity contribution >= 4 is 22.0 Å². The Kier molecular flexibility index (Phi) is 7.10. The van der Waals surface area contributed by atoms with Crippen LogP contribution in [0.5, 0.6) is 0 Å². The summed E-state index contributed by atoms with van der Waals surface area (Å²) in [5.41, 5.74) is 0. The predicted molar refractivity (Wildman–Crippen MR) is 75.9 cm³/mol. The summed E-state index contributed by atoms with van der Waals surface area (Å²) < 4.78 is 35.8. The van der Waals surface area contributed by atoms with Crippen molar-refractivity contribution < 1.29 is 27.5 Å². The van der Waals surface area contributed by atoms with Crippen LogP contribution in [0.1, 0.15) is 39.0 Å². The number of methoxy groups -OCH3 is 1. The van der Waals surface area contributed by atoms with Crippen molar-refractivity contribution in [3.63, 3.8) is 0 Å². The highest BCUT2D eigenvalue weighted by Crippen LogP contribution is 2.34. The van der Waals surface area contributed by atoms with E-state index in [0.717, 1.165) is 12.8 Å². The van der Waals surface area contributed by atoms with Gasteiger partial charge in [0.1, 0.15) is 0 Å². The molecule has 1 N–H and O–H groups in total. The predicted octanol–water partition coefficient (Wildman–Crippen LogP) is 0.591. The zero-order valence-electron chi connectivity index (χ0n) is 12.5. The second-order valence-electron chi connectivity index (χ2n) is 5.07. The molecule has 7 nitrogen and oxygen atoms in total. The van der Waals surface area contributed by atoms with Crippen molar-refractivity contribution in [2.24, 2.45) is 5.92 Å².